The number of hydrogen-bond donors (Lipinski definition) is 5. The van der Waals surface area contributed by atoms with Crippen molar-refractivity contribution in [1.29, 1.82) is 0 Å². The van der Waals surface area contributed by atoms with Crippen LogP contribution in [0.4, 0.5) is 0 Å². The van der Waals surface area contributed by atoms with Crippen molar-refractivity contribution in [1.82, 2.24) is 0 Å². The maximum atomic E-state index is 10.3. The van der Waals surface area contributed by atoms with Crippen molar-refractivity contribution in [2.45, 2.75) is 20.8 Å². The molecule has 248 valence electrons. The van der Waals surface area contributed by atoms with Crippen LogP contribution in [-0.2, 0) is 0 Å². The van der Waals surface area contributed by atoms with Gasteiger partial charge in [-0.1, -0.05) is 24.3 Å². The summed E-state index contributed by atoms with van der Waals surface area (Å²) in [7, 11) is 0. The summed E-state index contributed by atoms with van der Waals surface area (Å²) in [4.78, 5) is 50.8. The van der Waals surface area contributed by atoms with Crippen molar-refractivity contribution in [2.24, 2.45) is 0 Å². The summed E-state index contributed by atoms with van der Waals surface area (Å²) >= 11 is 0. The van der Waals surface area contributed by atoms with Crippen LogP contribution in [0.1, 0.15) is 68.5 Å². The molecule has 0 atom stereocenters. The molecule has 0 aliphatic rings. The predicted molar refractivity (Wildman–Crippen MR) is 182 cm³/mol. The highest BCUT2D eigenvalue weighted by Gasteiger charge is 1.99. The fourth-order valence-electron chi connectivity index (χ4n) is 3.56. The van der Waals surface area contributed by atoms with Crippen LogP contribution in [0.25, 0.3) is 0 Å². The molecule has 5 aromatic rings. The number of aldehydes is 5. The van der Waals surface area contributed by atoms with E-state index in [9.17, 15) is 24.0 Å². The van der Waals surface area contributed by atoms with E-state index in [1.54, 1.807) is 86.6 Å². The normalized spacial score (nSPS) is 9.15. The number of rotatable bonds is 5. The zero-order valence-corrected chi connectivity index (χ0v) is 26.5. The van der Waals surface area contributed by atoms with Gasteiger partial charge in [-0.15, -0.1) is 0 Å². The lowest BCUT2D eigenvalue weighted by Crippen LogP contribution is -1.84. The summed E-state index contributed by atoms with van der Waals surface area (Å²) in [6.07, 6.45) is 3.57. The highest BCUT2D eigenvalue weighted by atomic mass is 16.3. The van der Waals surface area contributed by atoms with Crippen LogP contribution >= 0.6 is 0 Å². The lowest BCUT2D eigenvalue weighted by Gasteiger charge is -1.98. The first-order chi connectivity index (χ1) is 22.9. The van der Waals surface area contributed by atoms with Crippen molar-refractivity contribution in [3.63, 3.8) is 0 Å². The fourth-order valence-corrected chi connectivity index (χ4v) is 3.56. The van der Waals surface area contributed by atoms with Crippen molar-refractivity contribution < 1.29 is 49.5 Å². The van der Waals surface area contributed by atoms with E-state index in [2.05, 4.69) is 0 Å². The van der Waals surface area contributed by atoms with Crippen LogP contribution in [0.3, 0.4) is 0 Å². The Kier molecular flexibility index (Phi) is 17.5. The number of phenols is 5. The molecular formula is C38H36O10. The van der Waals surface area contributed by atoms with Crippen molar-refractivity contribution in [2.75, 3.05) is 0 Å². The third-order valence-corrected chi connectivity index (χ3v) is 6.17. The zero-order chi connectivity index (χ0) is 36.1. The molecule has 0 spiro atoms. The largest absolute Gasteiger partial charge is 0.508 e. The lowest BCUT2D eigenvalue weighted by molar-refractivity contribution is 0.111. The molecule has 0 saturated carbocycles. The van der Waals surface area contributed by atoms with Crippen LogP contribution in [0.5, 0.6) is 28.7 Å². The topological polar surface area (TPSA) is 186 Å². The van der Waals surface area contributed by atoms with Crippen molar-refractivity contribution in [3.05, 3.63) is 148 Å². The molecule has 0 saturated heterocycles. The van der Waals surface area contributed by atoms with Gasteiger partial charge in [0.05, 0.1) is 5.56 Å². The van der Waals surface area contributed by atoms with Gasteiger partial charge >= 0.3 is 0 Å². The van der Waals surface area contributed by atoms with E-state index in [1.165, 1.54) is 30.3 Å². The van der Waals surface area contributed by atoms with Gasteiger partial charge < -0.3 is 25.5 Å². The molecule has 0 aliphatic carbocycles. The Morgan fingerprint density at radius 2 is 0.958 bits per heavy atom. The van der Waals surface area contributed by atoms with Crippen LogP contribution in [-0.4, -0.2) is 57.0 Å². The Morgan fingerprint density at radius 1 is 0.417 bits per heavy atom. The lowest BCUT2D eigenvalue weighted by atomic mass is 10.1. The van der Waals surface area contributed by atoms with E-state index < -0.39 is 0 Å². The summed E-state index contributed by atoms with van der Waals surface area (Å²) < 4.78 is 0. The predicted octanol–water partition coefficient (Wildman–Crippen LogP) is 6.95. The highest BCUT2D eigenvalue weighted by Crippen LogP contribution is 2.17. The molecule has 0 radical (unpaired) electrons. The monoisotopic (exact) mass is 652 g/mol. The van der Waals surface area contributed by atoms with Gasteiger partial charge in [-0.25, -0.2) is 0 Å². The minimum Gasteiger partial charge on any atom is -0.508 e. The third-order valence-electron chi connectivity index (χ3n) is 6.17. The number of carbonyl (C=O) groups excluding carboxylic acids is 5. The van der Waals surface area contributed by atoms with Crippen LogP contribution in [0, 0.1) is 20.8 Å². The molecule has 5 rings (SSSR count). The van der Waals surface area contributed by atoms with E-state index in [0.29, 0.717) is 46.0 Å². The van der Waals surface area contributed by atoms with Gasteiger partial charge in [-0.2, -0.15) is 0 Å². The Balaban J connectivity index is 0.000000300. The van der Waals surface area contributed by atoms with Crippen molar-refractivity contribution in [3.8, 4) is 28.7 Å². The smallest absolute Gasteiger partial charge is 0.153 e. The molecule has 10 nitrogen and oxygen atoms in total. The van der Waals surface area contributed by atoms with Gasteiger partial charge in [0.1, 0.15) is 53.9 Å². The van der Waals surface area contributed by atoms with E-state index in [4.69, 9.17) is 25.5 Å². The Labute approximate surface area is 277 Å². The van der Waals surface area contributed by atoms with E-state index in [-0.39, 0.29) is 28.7 Å². The van der Waals surface area contributed by atoms with Gasteiger partial charge in [-0.05, 0) is 111 Å². The minimum absolute atomic E-state index is 0.0347. The first-order valence-electron chi connectivity index (χ1n) is 14.1. The average molecular weight is 653 g/mol. The van der Waals surface area contributed by atoms with Gasteiger partial charge in [0, 0.05) is 27.8 Å². The van der Waals surface area contributed by atoms with E-state index >= 15 is 0 Å². The quantitative estimate of drug-likeness (QED) is 0.124. The summed E-state index contributed by atoms with van der Waals surface area (Å²) in [5.74, 6) is 0.725. The number of carbonyl (C=O) groups is 5. The number of hydrogen-bond acceptors (Lipinski definition) is 10. The Hall–Kier alpha value is -6.55. The average Bonchev–Trinajstić information content (AvgIpc) is 3.07. The number of aryl methyl sites for hydroxylation is 2. The Morgan fingerprint density at radius 3 is 1.44 bits per heavy atom. The molecule has 0 heterocycles. The van der Waals surface area contributed by atoms with Crippen LogP contribution in [0.2, 0.25) is 0 Å². The second-order valence-corrected chi connectivity index (χ2v) is 9.87. The van der Waals surface area contributed by atoms with Crippen LogP contribution < -0.4 is 0 Å². The first kappa shape index (κ1) is 39.5. The van der Waals surface area contributed by atoms with Gasteiger partial charge in [0.15, 0.2) is 6.29 Å². The van der Waals surface area contributed by atoms with Crippen molar-refractivity contribution >= 4 is 31.4 Å². The summed E-state index contributed by atoms with van der Waals surface area (Å²) in [5.41, 5.74) is 4.91. The molecule has 5 aromatic carbocycles. The SMILES string of the molecule is Cc1c(O)cccc1C=O.Cc1cc(O)cc(C=O)c1.Cc1cc(O)ccc1C=O.O=Cc1ccc(O)cc1.O=Cc1ccccc1O. The molecule has 5 N–H and O–H groups in total. The van der Waals surface area contributed by atoms with E-state index in [1.807, 2.05) is 6.92 Å². The van der Waals surface area contributed by atoms with E-state index in [0.717, 1.165) is 30.0 Å². The highest BCUT2D eigenvalue weighted by molar-refractivity contribution is 5.79. The molecule has 0 fully saturated rings. The Bertz CT molecular complexity index is 1770. The molecule has 10 heteroatoms. The summed E-state index contributed by atoms with van der Waals surface area (Å²) in [6.45, 7) is 5.31. The summed E-state index contributed by atoms with van der Waals surface area (Å²) in [6, 6.07) is 26.7. The molecular weight excluding hydrogens is 616 g/mol. The number of benzene rings is 5. The molecule has 0 bridgehead atoms. The van der Waals surface area contributed by atoms with Crippen LogP contribution in [0.15, 0.2) is 103 Å². The maximum absolute atomic E-state index is 10.3. The van der Waals surface area contributed by atoms with Gasteiger partial charge in [-0.3, -0.25) is 24.0 Å². The number of phenolic OH excluding ortho intramolecular Hbond substituents is 5. The molecule has 0 aliphatic heterocycles. The number of aromatic hydroxyl groups is 5. The molecule has 48 heavy (non-hydrogen) atoms. The first-order valence-corrected chi connectivity index (χ1v) is 14.1. The standard InChI is InChI=1S/3C8H8O2.2C7H6O2/c1-6-2-7(5-9)4-8(10)3-6;1-6-4-8(10)3-2-7(6)5-9;1-6-7(5-9)3-2-4-8(6)10;8-5-6-1-3-7(9)4-2-6;8-5-6-3-1-2-4-7(6)9/h3*2-5,10H,1H3;2*1-5,9H. The minimum atomic E-state index is 0.0347. The second kappa shape index (κ2) is 21.2. The zero-order valence-electron chi connectivity index (χ0n) is 26.5. The maximum Gasteiger partial charge on any atom is 0.153 e. The third kappa shape index (κ3) is 14.5. The molecule has 0 aromatic heterocycles. The van der Waals surface area contributed by atoms with Gasteiger partial charge in [0.2, 0.25) is 0 Å². The second-order valence-electron chi connectivity index (χ2n) is 9.87. The summed E-state index contributed by atoms with van der Waals surface area (Å²) in [5, 5.41) is 44.6. The van der Waals surface area contributed by atoms with Gasteiger partial charge in [0.25, 0.3) is 0 Å². The number of para-hydroxylation sites is 1. The fraction of sp³-hybridized carbons (Fsp3) is 0.0789. The molecule has 0 amide bonds. The molecule has 0 unspecified atom stereocenters.